The summed E-state index contributed by atoms with van der Waals surface area (Å²) in [7, 11) is 1.73. The lowest BCUT2D eigenvalue weighted by Crippen LogP contribution is -2.31. The molecule has 1 aromatic carbocycles. The second-order valence-electron chi connectivity index (χ2n) is 7.80. The molecule has 1 aliphatic rings. The summed E-state index contributed by atoms with van der Waals surface area (Å²) in [5.74, 6) is 0. The maximum Gasteiger partial charge on any atom is 0.170 e. The van der Waals surface area contributed by atoms with Crippen molar-refractivity contribution in [1.82, 2.24) is 19.8 Å². The first-order valence-corrected chi connectivity index (χ1v) is 11.2. The lowest BCUT2D eigenvalue weighted by Gasteiger charge is -2.28. The van der Waals surface area contributed by atoms with Crippen LogP contribution < -0.4 is 5.32 Å². The third-order valence-corrected chi connectivity index (χ3v) is 6.42. The topological polar surface area (TPSA) is 42.3 Å². The molecule has 5 nitrogen and oxygen atoms in total. The molecule has 2 aromatic heterocycles. The number of halogens is 1. The number of hydrogen-bond donors (Lipinski definition) is 1. The van der Waals surface area contributed by atoms with E-state index >= 15 is 0 Å². The standard InChI is InChI=1S/C24H27ClN4OS/c1-16-15-20(17(2)29(16)19-10-8-18(25)9-11-19)23-22(21-7-4-5-12-26-21)27-24(31)28(23)13-6-14-30-3/h4-5,7-12,15,22-23H,6,13-14H2,1-3H3,(H,27,31)/t22-,23-/m1/s1. The van der Waals surface area contributed by atoms with Crippen molar-refractivity contribution in [3.05, 3.63) is 82.4 Å². The summed E-state index contributed by atoms with van der Waals surface area (Å²) in [5, 5.41) is 5.02. The summed E-state index contributed by atoms with van der Waals surface area (Å²) >= 11 is 11.9. The fourth-order valence-electron chi connectivity index (χ4n) is 4.44. The van der Waals surface area contributed by atoms with Gasteiger partial charge in [-0.1, -0.05) is 17.7 Å². The largest absolute Gasteiger partial charge is 0.385 e. The Morgan fingerprint density at radius 2 is 1.94 bits per heavy atom. The molecule has 0 radical (unpaired) electrons. The van der Waals surface area contributed by atoms with Gasteiger partial charge in [-0.05, 0) is 80.5 Å². The van der Waals surface area contributed by atoms with Crippen LogP contribution in [0.2, 0.25) is 5.02 Å². The van der Waals surface area contributed by atoms with E-state index in [1.807, 2.05) is 30.5 Å². The van der Waals surface area contributed by atoms with E-state index in [1.54, 1.807) is 7.11 Å². The van der Waals surface area contributed by atoms with E-state index in [9.17, 15) is 0 Å². The first-order valence-electron chi connectivity index (χ1n) is 10.4. The average Bonchev–Trinajstić information content (AvgIpc) is 3.25. The Kier molecular flexibility index (Phi) is 6.60. The SMILES string of the molecule is COCCCN1C(=S)N[C@H](c2ccccn2)[C@H]1c1cc(C)n(-c2ccc(Cl)cc2)c1C. The van der Waals surface area contributed by atoms with E-state index in [4.69, 9.17) is 28.6 Å². The molecule has 4 rings (SSSR count). The maximum absolute atomic E-state index is 6.11. The highest BCUT2D eigenvalue weighted by molar-refractivity contribution is 7.80. The Labute approximate surface area is 194 Å². The molecule has 0 spiro atoms. The molecule has 162 valence electrons. The number of rotatable bonds is 7. The maximum atomic E-state index is 6.11. The van der Waals surface area contributed by atoms with Gasteiger partial charge in [0.05, 0.1) is 17.8 Å². The average molecular weight is 455 g/mol. The molecule has 7 heteroatoms. The summed E-state index contributed by atoms with van der Waals surface area (Å²) < 4.78 is 7.56. The molecule has 1 N–H and O–H groups in total. The van der Waals surface area contributed by atoms with Crippen molar-refractivity contribution in [2.75, 3.05) is 20.3 Å². The molecular weight excluding hydrogens is 428 g/mol. The van der Waals surface area contributed by atoms with Gasteiger partial charge in [0.15, 0.2) is 5.11 Å². The second kappa shape index (κ2) is 9.39. The van der Waals surface area contributed by atoms with Gasteiger partial charge >= 0.3 is 0 Å². The smallest absolute Gasteiger partial charge is 0.170 e. The van der Waals surface area contributed by atoms with Crippen molar-refractivity contribution < 1.29 is 4.74 Å². The van der Waals surface area contributed by atoms with Crippen LogP contribution in [0.25, 0.3) is 5.69 Å². The molecule has 1 saturated heterocycles. The Morgan fingerprint density at radius 1 is 1.16 bits per heavy atom. The molecule has 0 bridgehead atoms. The fourth-order valence-corrected chi connectivity index (χ4v) is 4.90. The normalized spacial score (nSPS) is 18.5. The highest BCUT2D eigenvalue weighted by atomic mass is 35.5. The van der Waals surface area contributed by atoms with E-state index in [0.717, 1.165) is 34.5 Å². The van der Waals surface area contributed by atoms with Crippen molar-refractivity contribution in [3.8, 4) is 5.69 Å². The molecular formula is C24H27ClN4OS. The molecule has 0 aliphatic carbocycles. The first-order chi connectivity index (χ1) is 15.0. The lowest BCUT2D eigenvalue weighted by molar-refractivity contribution is 0.180. The summed E-state index contributed by atoms with van der Waals surface area (Å²) in [6.07, 6.45) is 2.74. The van der Waals surface area contributed by atoms with Crippen LogP contribution in [-0.4, -0.2) is 39.8 Å². The van der Waals surface area contributed by atoms with Crippen LogP contribution in [0.1, 0.15) is 41.1 Å². The third-order valence-electron chi connectivity index (χ3n) is 5.82. The first kappa shape index (κ1) is 21.8. The minimum absolute atomic E-state index is 0.0181. The minimum atomic E-state index is -0.0181. The van der Waals surface area contributed by atoms with Crippen LogP contribution in [0.5, 0.6) is 0 Å². The zero-order valence-electron chi connectivity index (χ0n) is 18.0. The Morgan fingerprint density at radius 3 is 2.61 bits per heavy atom. The molecule has 31 heavy (non-hydrogen) atoms. The van der Waals surface area contributed by atoms with E-state index < -0.39 is 0 Å². The summed E-state index contributed by atoms with van der Waals surface area (Å²) in [6, 6.07) is 16.3. The Hall–Kier alpha value is -2.41. The number of hydrogen-bond acceptors (Lipinski definition) is 3. The van der Waals surface area contributed by atoms with Crippen LogP contribution in [0.3, 0.4) is 0 Å². The molecule has 0 amide bonds. The highest BCUT2D eigenvalue weighted by Crippen LogP contribution is 2.41. The highest BCUT2D eigenvalue weighted by Gasteiger charge is 2.41. The van der Waals surface area contributed by atoms with E-state index in [1.165, 1.54) is 17.0 Å². The number of thiocarbonyl (C=S) groups is 1. The van der Waals surface area contributed by atoms with Crippen molar-refractivity contribution in [2.45, 2.75) is 32.4 Å². The monoisotopic (exact) mass is 454 g/mol. The molecule has 0 saturated carbocycles. The summed E-state index contributed by atoms with van der Waals surface area (Å²) in [5.41, 5.74) is 5.69. The number of aromatic nitrogens is 2. The van der Waals surface area contributed by atoms with Crippen molar-refractivity contribution in [2.24, 2.45) is 0 Å². The molecule has 3 heterocycles. The Bertz CT molecular complexity index is 1050. The van der Waals surface area contributed by atoms with E-state index in [-0.39, 0.29) is 12.1 Å². The second-order valence-corrected chi connectivity index (χ2v) is 8.63. The predicted octanol–water partition coefficient (Wildman–Crippen LogP) is 5.15. The van der Waals surface area contributed by atoms with Crippen LogP contribution in [0.4, 0.5) is 0 Å². The van der Waals surface area contributed by atoms with Gasteiger partial charge in [0, 0.05) is 48.6 Å². The van der Waals surface area contributed by atoms with Gasteiger partial charge in [-0.15, -0.1) is 0 Å². The zero-order chi connectivity index (χ0) is 22.0. The molecule has 3 aromatic rings. The predicted molar refractivity (Wildman–Crippen MR) is 129 cm³/mol. The number of nitrogens with one attached hydrogen (secondary N) is 1. The number of methoxy groups -OCH3 is 1. The van der Waals surface area contributed by atoms with Gasteiger partial charge in [-0.2, -0.15) is 0 Å². The van der Waals surface area contributed by atoms with E-state index in [2.05, 4.69) is 57.9 Å². The minimum Gasteiger partial charge on any atom is -0.385 e. The fraction of sp³-hybridized carbons (Fsp3) is 0.333. The quantitative estimate of drug-likeness (QED) is 0.395. The van der Waals surface area contributed by atoms with E-state index in [0.29, 0.717) is 6.61 Å². The van der Waals surface area contributed by atoms with Gasteiger partial charge in [0.25, 0.3) is 0 Å². The summed E-state index contributed by atoms with van der Waals surface area (Å²) in [6.45, 7) is 5.82. The number of aryl methyl sites for hydroxylation is 1. The van der Waals surface area contributed by atoms with Gasteiger partial charge in [-0.25, -0.2) is 0 Å². The van der Waals surface area contributed by atoms with Gasteiger partial charge in [0.1, 0.15) is 0 Å². The van der Waals surface area contributed by atoms with Crippen LogP contribution in [0, 0.1) is 13.8 Å². The van der Waals surface area contributed by atoms with Crippen molar-refractivity contribution in [3.63, 3.8) is 0 Å². The number of ether oxygens (including phenoxy) is 1. The molecule has 0 unspecified atom stereocenters. The van der Waals surface area contributed by atoms with Crippen LogP contribution >= 0.6 is 23.8 Å². The zero-order valence-corrected chi connectivity index (χ0v) is 19.6. The van der Waals surface area contributed by atoms with Crippen molar-refractivity contribution >= 4 is 28.9 Å². The Balaban J connectivity index is 1.78. The number of pyridine rings is 1. The van der Waals surface area contributed by atoms with Crippen molar-refractivity contribution in [1.29, 1.82) is 0 Å². The van der Waals surface area contributed by atoms with Crippen LogP contribution in [-0.2, 0) is 4.74 Å². The number of nitrogens with zero attached hydrogens (tertiary/aromatic N) is 3. The third kappa shape index (κ3) is 4.33. The lowest BCUT2D eigenvalue weighted by atomic mass is 9.96. The molecule has 2 atom stereocenters. The molecule has 1 aliphatic heterocycles. The van der Waals surface area contributed by atoms with Gasteiger partial charge in [0.2, 0.25) is 0 Å². The molecule has 1 fully saturated rings. The van der Waals surface area contributed by atoms with Crippen LogP contribution in [0.15, 0.2) is 54.7 Å². The van der Waals surface area contributed by atoms with Gasteiger partial charge in [-0.3, -0.25) is 4.98 Å². The number of benzene rings is 1. The summed E-state index contributed by atoms with van der Waals surface area (Å²) in [4.78, 5) is 6.91. The van der Waals surface area contributed by atoms with Gasteiger partial charge < -0.3 is 19.5 Å².